The van der Waals surface area contributed by atoms with Crippen LogP contribution < -0.4 is 10.6 Å². The van der Waals surface area contributed by atoms with Crippen molar-refractivity contribution in [3.05, 3.63) is 61.1 Å². The lowest BCUT2D eigenvalue weighted by molar-refractivity contribution is 0.360. The van der Waals surface area contributed by atoms with E-state index in [0.29, 0.717) is 12.0 Å². The van der Waals surface area contributed by atoms with Gasteiger partial charge in [0.1, 0.15) is 5.82 Å². The molecule has 1 fully saturated rings. The first kappa shape index (κ1) is 18.5. The molecule has 0 radical (unpaired) electrons. The standard InChI is InChI=1S/C23H25N7/c1-16-7-9-19(10-8-16)27-21-11-12-22-24-15-20(30(22)29-21)17-13-25-23(26-14-17)28-18-5-3-2-4-6-18/h2-6,11-16,19H,7-10H2,1H3,(H,27,29)(H,25,26,28). The van der Waals surface area contributed by atoms with Crippen LogP contribution in [-0.4, -0.2) is 30.6 Å². The fourth-order valence-corrected chi connectivity index (χ4v) is 3.94. The summed E-state index contributed by atoms with van der Waals surface area (Å²) in [5, 5.41) is 11.6. The van der Waals surface area contributed by atoms with Gasteiger partial charge in [0, 0.05) is 29.7 Å². The van der Waals surface area contributed by atoms with Gasteiger partial charge in [-0.25, -0.2) is 19.5 Å². The average Bonchev–Trinajstić information content (AvgIpc) is 3.20. The predicted octanol–water partition coefficient (Wildman–Crippen LogP) is 4.92. The first-order chi connectivity index (χ1) is 14.7. The molecule has 3 heterocycles. The highest BCUT2D eigenvalue weighted by Crippen LogP contribution is 2.26. The van der Waals surface area contributed by atoms with Crippen molar-refractivity contribution in [3.63, 3.8) is 0 Å². The molecule has 0 spiro atoms. The highest BCUT2D eigenvalue weighted by atomic mass is 15.3. The van der Waals surface area contributed by atoms with Crippen LogP contribution in [0, 0.1) is 5.92 Å². The van der Waals surface area contributed by atoms with Crippen LogP contribution in [0.15, 0.2) is 61.1 Å². The molecular weight excluding hydrogens is 374 g/mol. The zero-order chi connectivity index (χ0) is 20.3. The molecular formula is C23H25N7. The Kier molecular flexibility index (Phi) is 5.01. The molecule has 30 heavy (non-hydrogen) atoms. The molecule has 5 rings (SSSR count). The maximum absolute atomic E-state index is 4.79. The smallest absolute Gasteiger partial charge is 0.227 e. The first-order valence-corrected chi connectivity index (χ1v) is 10.5. The zero-order valence-corrected chi connectivity index (χ0v) is 17.0. The van der Waals surface area contributed by atoms with E-state index in [1.54, 1.807) is 12.4 Å². The van der Waals surface area contributed by atoms with Crippen LogP contribution in [0.2, 0.25) is 0 Å². The topological polar surface area (TPSA) is 80.0 Å². The lowest BCUT2D eigenvalue weighted by Crippen LogP contribution is -2.25. The van der Waals surface area contributed by atoms with Gasteiger partial charge in [0.2, 0.25) is 5.95 Å². The van der Waals surface area contributed by atoms with E-state index in [9.17, 15) is 0 Å². The van der Waals surface area contributed by atoms with Gasteiger partial charge in [-0.3, -0.25) is 0 Å². The molecule has 0 aliphatic heterocycles. The van der Waals surface area contributed by atoms with Crippen LogP contribution in [0.4, 0.5) is 17.5 Å². The SMILES string of the molecule is CC1CCC(Nc2ccc3ncc(-c4cnc(Nc5ccccc5)nc4)n3n2)CC1. The van der Waals surface area contributed by atoms with Crippen LogP contribution in [0.1, 0.15) is 32.6 Å². The van der Waals surface area contributed by atoms with Crippen LogP contribution in [0.25, 0.3) is 16.9 Å². The second-order valence-electron chi connectivity index (χ2n) is 8.02. The molecule has 1 aliphatic carbocycles. The number of benzene rings is 1. The number of para-hydroxylation sites is 1. The van der Waals surface area contributed by atoms with Gasteiger partial charge in [-0.2, -0.15) is 0 Å². The molecule has 0 saturated heterocycles. The van der Waals surface area contributed by atoms with Crippen molar-refractivity contribution in [2.75, 3.05) is 10.6 Å². The Balaban J connectivity index is 1.36. The van der Waals surface area contributed by atoms with E-state index in [4.69, 9.17) is 5.10 Å². The zero-order valence-electron chi connectivity index (χ0n) is 17.0. The molecule has 3 aromatic heterocycles. The molecule has 1 saturated carbocycles. The number of imidazole rings is 1. The van der Waals surface area contributed by atoms with Gasteiger partial charge in [0.25, 0.3) is 0 Å². The minimum absolute atomic E-state index is 0.491. The van der Waals surface area contributed by atoms with E-state index >= 15 is 0 Å². The van der Waals surface area contributed by atoms with Gasteiger partial charge in [-0.05, 0) is 55.9 Å². The molecule has 1 aliphatic rings. The van der Waals surface area contributed by atoms with Gasteiger partial charge < -0.3 is 10.6 Å². The second kappa shape index (κ2) is 8.10. The maximum Gasteiger partial charge on any atom is 0.227 e. The van der Waals surface area contributed by atoms with Crippen LogP contribution in [-0.2, 0) is 0 Å². The third-order valence-corrected chi connectivity index (χ3v) is 5.71. The predicted molar refractivity (Wildman–Crippen MR) is 119 cm³/mol. The van der Waals surface area contributed by atoms with Crippen molar-refractivity contribution in [1.82, 2.24) is 24.6 Å². The van der Waals surface area contributed by atoms with Gasteiger partial charge in [-0.1, -0.05) is 25.1 Å². The Labute approximate surface area is 175 Å². The summed E-state index contributed by atoms with van der Waals surface area (Å²) in [5.41, 5.74) is 3.50. The highest BCUT2D eigenvalue weighted by Gasteiger charge is 2.18. The number of nitrogens with one attached hydrogen (secondary N) is 2. The Hall–Kier alpha value is -3.48. The third kappa shape index (κ3) is 3.96. The lowest BCUT2D eigenvalue weighted by atomic mass is 9.87. The molecule has 4 aromatic rings. The van der Waals surface area contributed by atoms with E-state index in [-0.39, 0.29) is 0 Å². The minimum Gasteiger partial charge on any atom is -0.366 e. The minimum atomic E-state index is 0.491. The summed E-state index contributed by atoms with van der Waals surface area (Å²) < 4.78 is 1.86. The molecule has 7 nitrogen and oxygen atoms in total. The van der Waals surface area contributed by atoms with E-state index in [0.717, 1.165) is 34.3 Å². The normalized spacial score (nSPS) is 19.0. The van der Waals surface area contributed by atoms with Crippen LogP contribution >= 0.6 is 0 Å². The van der Waals surface area contributed by atoms with Crippen molar-refractivity contribution in [2.45, 2.75) is 38.6 Å². The third-order valence-electron chi connectivity index (χ3n) is 5.71. The van der Waals surface area contributed by atoms with Crippen molar-refractivity contribution in [3.8, 4) is 11.3 Å². The number of aromatic nitrogens is 5. The summed E-state index contributed by atoms with van der Waals surface area (Å²) in [6, 6.07) is 14.4. The second-order valence-corrected chi connectivity index (χ2v) is 8.02. The molecule has 0 unspecified atom stereocenters. The Morgan fingerprint density at radius 3 is 2.40 bits per heavy atom. The lowest BCUT2D eigenvalue weighted by Gasteiger charge is -2.27. The van der Waals surface area contributed by atoms with Gasteiger partial charge in [0.05, 0.1) is 11.9 Å². The summed E-state index contributed by atoms with van der Waals surface area (Å²) in [6.45, 7) is 2.33. The van der Waals surface area contributed by atoms with Crippen molar-refractivity contribution < 1.29 is 0 Å². The Morgan fingerprint density at radius 2 is 1.63 bits per heavy atom. The summed E-state index contributed by atoms with van der Waals surface area (Å²) in [7, 11) is 0. The molecule has 0 bridgehead atoms. The van der Waals surface area contributed by atoms with E-state index in [1.165, 1.54) is 25.7 Å². The van der Waals surface area contributed by atoms with Crippen molar-refractivity contribution in [2.24, 2.45) is 5.92 Å². The summed E-state index contributed by atoms with van der Waals surface area (Å²) >= 11 is 0. The van der Waals surface area contributed by atoms with Gasteiger partial charge in [-0.15, -0.1) is 5.10 Å². The highest BCUT2D eigenvalue weighted by molar-refractivity contribution is 5.63. The maximum atomic E-state index is 4.79. The van der Waals surface area contributed by atoms with Gasteiger partial charge >= 0.3 is 0 Å². The molecule has 7 heteroatoms. The molecule has 152 valence electrons. The van der Waals surface area contributed by atoms with E-state index in [2.05, 4.69) is 32.5 Å². The molecule has 0 amide bonds. The van der Waals surface area contributed by atoms with Crippen molar-refractivity contribution >= 4 is 23.1 Å². The molecule has 1 aromatic carbocycles. The number of rotatable bonds is 5. The number of nitrogens with zero attached hydrogens (tertiary/aromatic N) is 5. The first-order valence-electron chi connectivity index (χ1n) is 10.5. The number of hydrogen-bond acceptors (Lipinski definition) is 6. The number of hydrogen-bond donors (Lipinski definition) is 2. The molecule has 0 atom stereocenters. The monoisotopic (exact) mass is 399 g/mol. The largest absolute Gasteiger partial charge is 0.366 e. The summed E-state index contributed by atoms with van der Waals surface area (Å²) in [6.07, 6.45) is 10.4. The van der Waals surface area contributed by atoms with Crippen LogP contribution in [0.5, 0.6) is 0 Å². The van der Waals surface area contributed by atoms with Crippen LogP contribution in [0.3, 0.4) is 0 Å². The Bertz CT molecular complexity index is 1110. The fraction of sp³-hybridized carbons (Fsp3) is 0.304. The summed E-state index contributed by atoms with van der Waals surface area (Å²) in [4.78, 5) is 13.4. The fourth-order valence-electron chi connectivity index (χ4n) is 3.94. The Morgan fingerprint density at radius 1 is 0.867 bits per heavy atom. The van der Waals surface area contributed by atoms with E-state index in [1.807, 2.05) is 53.2 Å². The van der Waals surface area contributed by atoms with Gasteiger partial charge in [0.15, 0.2) is 5.65 Å². The molecule has 2 N–H and O–H groups in total. The quantitative estimate of drug-likeness (QED) is 0.496. The van der Waals surface area contributed by atoms with E-state index < -0.39 is 0 Å². The average molecular weight is 400 g/mol. The number of fused-ring (bicyclic) bond motifs is 1. The summed E-state index contributed by atoms with van der Waals surface area (Å²) in [5.74, 6) is 2.27. The van der Waals surface area contributed by atoms with Crippen molar-refractivity contribution in [1.29, 1.82) is 0 Å². The number of anilines is 3.